The number of benzene rings is 2. The van der Waals surface area contributed by atoms with Crippen LogP contribution >= 0.6 is 15.9 Å². The molecule has 0 amide bonds. The smallest absolute Gasteiger partial charge is 0.330 e. The van der Waals surface area contributed by atoms with Crippen LogP contribution in [-0.4, -0.2) is 13.7 Å². The average Bonchev–Trinajstić information content (AvgIpc) is 3.07. The number of fused-ring (bicyclic) bond motifs is 1. The van der Waals surface area contributed by atoms with E-state index in [1.165, 1.54) is 11.6 Å². The molecule has 6 nitrogen and oxygen atoms in total. The van der Waals surface area contributed by atoms with Gasteiger partial charge in [-0.25, -0.2) is 4.79 Å². The highest BCUT2D eigenvalue weighted by atomic mass is 79.9. The lowest BCUT2D eigenvalue weighted by atomic mass is 10.1. The Kier molecular flexibility index (Phi) is 4.27. The van der Waals surface area contributed by atoms with Crippen molar-refractivity contribution in [2.45, 2.75) is 6.92 Å². The normalized spacial score (nSPS) is 11.3. The summed E-state index contributed by atoms with van der Waals surface area (Å²) in [7, 11) is 3.16. The second kappa shape index (κ2) is 6.53. The molecule has 2 aromatic heterocycles. The predicted molar refractivity (Wildman–Crippen MR) is 116 cm³/mol. The van der Waals surface area contributed by atoms with E-state index < -0.39 is 0 Å². The highest BCUT2D eigenvalue weighted by molar-refractivity contribution is 9.10. The zero-order chi connectivity index (χ0) is 20.2. The lowest BCUT2D eigenvalue weighted by Crippen LogP contribution is -2.36. The maximum absolute atomic E-state index is 13.1. The molecule has 0 atom stereocenters. The van der Waals surface area contributed by atoms with E-state index in [4.69, 9.17) is 5.73 Å². The van der Waals surface area contributed by atoms with Crippen molar-refractivity contribution in [2.75, 3.05) is 5.73 Å². The van der Waals surface area contributed by atoms with E-state index in [1.807, 2.05) is 60.2 Å². The van der Waals surface area contributed by atoms with Crippen molar-refractivity contribution in [1.29, 1.82) is 0 Å². The van der Waals surface area contributed by atoms with Gasteiger partial charge in [0.05, 0.1) is 16.6 Å². The summed E-state index contributed by atoms with van der Waals surface area (Å²) in [5.74, 6) is 0. The summed E-state index contributed by atoms with van der Waals surface area (Å²) < 4.78 is 5.40. The van der Waals surface area contributed by atoms with Gasteiger partial charge in [-0.05, 0) is 30.7 Å². The summed E-state index contributed by atoms with van der Waals surface area (Å²) in [6, 6.07) is 13.5. The molecule has 0 saturated heterocycles. The first-order valence-electron chi connectivity index (χ1n) is 8.73. The van der Waals surface area contributed by atoms with Gasteiger partial charge in [0.15, 0.2) is 0 Å². The Morgan fingerprint density at radius 1 is 1.00 bits per heavy atom. The van der Waals surface area contributed by atoms with Gasteiger partial charge in [0.2, 0.25) is 0 Å². The Hall–Kier alpha value is -3.06. The fourth-order valence-corrected chi connectivity index (χ4v) is 3.91. The molecule has 0 radical (unpaired) electrons. The monoisotopic (exact) mass is 438 g/mol. The number of nitrogens with zero attached hydrogens (tertiary/aromatic N) is 3. The number of nitrogens with two attached hydrogens (primary N) is 1. The zero-order valence-electron chi connectivity index (χ0n) is 15.7. The third-order valence-corrected chi connectivity index (χ3v) is 5.80. The highest BCUT2D eigenvalue weighted by Gasteiger charge is 2.21. The zero-order valence-corrected chi connectivity index (χ0v) is 17.3. The van der Waals surface area contributed by atoms with Crippen molar-refractivity contribution >= 4 is 32.5 Å². The molecule has 0 spiro atoms. The van der Waals surface area contributed by atoms with Crippen LogP contribution in [0.25, 0.3) is 27.8 Å². The number of anilines is 1. The third kappa shape index (κ3) is 2.62. The Balaban J connectivity index is 2.23. The molecule has 0 aliphatic carbocycles. The van der Waals surface area contributed by atoms with E-state index in [-0.39, 0.29) is 11.2 Å². The van der Waals surface area contributed by atoms with Gasteiger partial charge in [0.25, 0.3) is 5.56 Å². The van der Waals surface area contributed by atoms with Crippen LogP contribution in [0.2, 0.25) is 0 Å². The number of rotatable bonds is 2. The molecule has 0 saturated carbocycles. The molecule has 2 heterocycles. The number of hydrogen-bond donors (Lipinski definition) is 1. The van der Waals surface area contributed by atoms with Gasteiger partial charge in [0, 0.05) is 41.7 Å². The van der Waals surface area contributed by atoms with Crippen LogP contribution in [0.5, 0.6) is 0 Å². The van der Waals surface area contributed by atoms with Crippen molar-refractivity contribution < 1.29 is 0 Å². The van der Waals surface area contributed by atoms with Crippen LogP contribution in [0.3, 0.4) is 0 Å². The van der Waals surface area contributed by atoms with E-state index in [0.717, 1.165) is 25.9 Å². The minimum atomic E-state index is -0.364. The van der Waals surface area contributed by atoms with Crippen LogP contribution in [0.1, 0.15) is 5.56 Å². The maximum atomic E-state index is 13.1. The van der Waals surface area contributed by atoms with Crippen molar-refractivity contribution in [1.82, 2.24) is 13.7 Å². The molecule has 0 bridgehead atoms. The largest absolute Gasteiger partial charge is 0.398 e. The van der Waals surface area contributed by atoms with Crippen LogP contribution in [0.15, 0.2) is 62.7 Å². The van der Waals surface area contributed by atoms with Gasteiger partial charge in [-0.3, -0.25) is 13.9 Å². The second-order valence-corrected chi connectivity index (χ2v) is 7.69. The fraction of sp³-hybridized carbons (Fsp3) is 0.143. The summed E-state index contributed by atoms with van der Waals surface area (Å²) in [6.07, 6.45) is 1.82. The van der Waals surface area contributed by atoms with E-state index in [1.54, 1.807) is 7.05 Å². The molecule has 0 aliphatic rings. The fourth-order valence-electron chi connectivity index (χ4n) is 3.44. The van der Waals surface area contributed by atoms with Gasteiger partial charge in [-0.15, -0.1) is 0 Å². The van der Waals surface area contributed by atoms with E-state index in [2.05, 4.69) is 15.9 Å². The predicted octanol–water partition coefficient (Wildman–Crippen LogP) is 3.35. The maximum Gasteiger partial charge on any atom is 0.330 e. The lowest BCUT2D eigenvalue weighted by Gasteiger charge is -2.13. The number of aromatic nitrogens is 3. The molecule has 0 fully saturated rings. The third-order valence-electron chi connectivity index (χ3n) is 5.11. The molecule has 142 valence electrons. The Labute approximate surface area is 169 Å². The van der Waals surface area contributed by atoms with E-state index in [9.17, 15) is 9.59 Å². The molecule has 4 rings (SSSR count). The summed E-state index contributed by atoms with van der Waals surface area (Å²) in [5.41, 5.74) is 10.0. The Morgan fingerprint density at radius 2 is 1.71 bits per heavy atom. The van der Waals surface area contributed by atoms with Gasteiger partial charge in [-0.2, -0.15) is 0 Å². The molecule has 2 N–H and O–H groups in total. The number of hydrogen-bond acceptors (Lipinski definition) is 3. The number of nitrogen functional groups attached to an aromatic ring is 1. The first-order chi connectivity index (χ1) is 13.3. The molecule has 0 aliphatic heterocycles. The highest BCUT2D eigenvalue weighted by Crippen LogP contribution is 2.35. The van der Waals surface area contributed by atoms with Crippen molar-refractivity contribution in [3.05, 3.63) is 79.5 Å². The molecule has 28 heavy (non-hydrogen) atoms. The molecule has 7 heteroatoms. The SMILES string of the molecule is Cc1ccc(-n2cc3c(c2-c2ccccc2Br)c(=O)n(C)c(=O)n3C)cc1N. The van der Waals surface area contributed by atoms with Crippen LogP contribution < -0.4 is 17.0 Å². The van der Waals surface area contributed by atoms with Gasteiger partial charge >= 0.3 is 5.69 Å². The van der Waals surface area contributed by atoms with Gasteiger partial charge in [-0.1, -0.05) is 40.2 Å². The summed E-state index contributed by atoms with van der Waals surface area (Å²) in [4.78, 5) is 25.5. The van der Waals surface area contributed by atoms with Crippen LogP contribution in [0, 0.1) is 6.92 Å². The number of aryl methyl sites for hydroxylation is 2. The topological polar surface area (TPSA) is 75.0 Å². The quantitative estimate of drug-likeness (QED) is 0.487. The van der Waals surface area contributed by atoms with Crippen molar-refractivity contribution in [3.8, 4) is 16.9 Å². The van der Waals surface area contributed by atoms with E-state index in [0.29, 0.717) is 22.3 Å². The van der Waals surface area contributed by atoms with Crippen LogP contribution in [0.4, 0.5) is 5.69 Å². The first-order valence-corrected chi connectivity index (χ1v) is 9.53. The van der Waals surface area contributed by atoms with Crippen LogP contribution in [-0.2, 0) is 14.1 Å². The Bertz CT molecular complexity index is 1360. The lowest BCUT2D eigenvalue weighted by molar-refractivity contribution is 0.714. The van der Waals surface area contributed by atoms with Gasteiger partial charge < -0.3 is 10.3 Å². The standard InChI is InChI=1S/C21H19BrN4O2/c1-12-8-9-13(10-16(12)23)26-11-17-18(20(27)25(3)21(28)24(17)2)19(26)14-6-4-5-7-15(14)22/h4-11H,23H2,1-3H3. The minimum Gasteiger partial charge on any atom is -0.398 e. The molecule has 2 aromatic carbocycles. The molecule has 0 unspecified atom stereocenters. The van der Waals surface area contributed by atoms with Crippen molar-refractivity contribution in [2.24, 2.45) is 14.1 Å². The molecule has 4 aromatic rings. The molecular formula is C21H19BrN4O2. The Morgan fingerprint density at radius 3 is 2.39 bits per heavy atom. The van der Waals surface area contributed by atoms with E-state index >= 15 is 0 Å². The first kappa shape index (κ1) is 18.3. The minimum absolute atomic E-state index is 0.331. The average molecular weight is 439 g/mol. The summed E-state index contributed by atoms with van der Waals surface area (Å²) in [5, 5.41) is 0.482. The van der Waals surface area contributed by atoms with Gasteiger partial charge in [0.1, 0.15) is 0 Å². The molecular weight excluding hydrogens is 420 g/mol. The summed E-state index contributed by atoms with van der Waals surface area (Å²) >= 11 is 3.60. The number of halogens is 1. The second-order valence-electron chi connectivity index (χ2n) is 6.83. The van der Waals surface area contributed by atoms with Crippen molar-refractivity contribution in [3.63, 3.8) is 0 Å². The summed E-state index contributed by atoms with van der Waals surface area (Å²) in [6.45, 7) is 1.94.